The van der Waals surface area contributed by atoms with Gasteiger partial charge in [-0.15, -0.1) is 5.10 Å². The van der Waals surface area contributed by atoms with Crippen LogP contribution < -0.4 is 5.32 Å². The average molecular weight is 215 g/mol. The molecule has 0 aliphatic heterocycles. The van der Waals surface area contributed by atoms with Crippen LogP contribution in [0.1, 0.15) is 19.8 Å². The molecule has 0 fully saturated rings. The smallest absolute Gasteiger partial charge is 0.209 e. The maximum Gasteiger partial charge on any atom is 0.209 e. The van der Waals surface area contributed by atoms with Crippen LogP contribution in [0.5, 0.6) is 0 Å². The van der Waals surface area contributed by atoms with Gasteiger partial charge in [0.1, 0.15) is 0 Å². The lowest BCUT2D eigenvalue weighted by Gasteiger charge is -2.13. The minimum absolute atomic E-state index is 0.543. The van der Waals surface area contributed by atoms with Gasteiger partial charge in [-0.3, -0.25) is 0 Å². The Bertz CT molecular complexity index is 262. The fourth-order valence-electron chi connectivity index (χ4n) is 1.18. The first kappa shape index (κ1) is 11.5. The van der Waals surface area contributed by atoms with Gasteiger partial charge in [-0.1, -0.05) is 25.1 Å². The van der Waals surface area contributed by atoms with Crippen molar-refractivity contribution in [1.29, 1.82) is 0 Å². The Labute approximate surface area is 88.6 Å². The zero-order valence-corrected chi connectivity index (χ0v) is 9.71. The third kappa shape index (κ3) is 3.26. The van der Waals surface area contributed by atoms with Gasteiger partial charge in [-0.2, -0.15) is 0 Å². The minimum atomic E-state index is 0.543. The van der Waals surface area contributed by atoms with E-state index < -0.39 is 0 Å². The van der Waals surface area contributed by atoms with E-state index >= 15 is 0 Å². The number of nitrogens with zero attached hydrogens (tertiary/aromatic N) is 4. The minimum Gasteiger partial charge on any atom is -0.316 e. The van der Waals surface area contributed by atoms with Crippen LogP contribution in [-0.4, -0.2) is 39.0 Å². The van der Waals surface area contributed by atoms with Crippen molar-refractivity contribution in [3.63, 3.8) is 0 Å². The Kier molecular flexibility index (Phi) is 4.89. The molecule has 5 nitrogen and oxygen atoms in total. The molecule has 0 amide bonds. The molecule has 1 heterocycles. The van der Waals surface area contributed by atoms with Crippen LogP contribution in [-0.2, 0) is 7.05 Å². The predicted octanol–water partition coefficient (Wildman–Crippen LogP) is 0.690. The third-order valence-corrected chi connectivity index (χ3v) is 3.21. The predicted molar refractivity (Wildman–Crippen MR) is 57.3 cm³/mol. The molecule has 0 aromatic carbocycles. The fraction of sp³-hybridized carbons (Fsp3) is 0.875. The zero-order chi connectivity index (χ0) is 10.4. The molecule has 0 spiro atoms. The van der Waals surface area contributed by atoms with Crippen LogP contribution in [0.4, 0.5) is 0 Å². The molecule has 14 heavy (non-hydrogen) atoms. The number of hydrogen-bond acceptors (Lipinski definition) is 5. The third-order valence-electron chi connectivity index (χ3n) is 2.04. The average Bonchev–Trinajstić information content (AvgIpc) is 2.59. The summed E-state index contributed by atoms with van der Waals surface area (Å²) in [6.45, 7) is 2.19. The van der Waals surface area contributed by atoms with Gasteiger partial charge in [0, 0.05) is 18.8 Å². The van der Waals surface area contributed by atoms with Gasteiger partial charge in [0.2, 0.25) is 5.16 Å². The van der Waals surface area contributed by atoms with Crippen molar-refractivity contribution in [2.24, 2.45) is 7.05 Å². The molecule has 0 bridgehead atoms. The maximum atomic E-state index is 3.92. The second kappa shape index (κ2) is 5.98. The molecule has 0 aliphatic rings. The fourth-order valence-corrected chi connectivity index (χ4v) is 2.18. The van der Waals surface area contributed by atoms with Gasteiger partial charge in [-0.05, 0) is 23.9 Å². The van der Waals surface area contributed by atoms with Crippen LogP contribution in [0.2, 0.25) is 0 Å². The molecule has 0 aliphatic carbocycles. The molecule has 0 radical (unpaired) electrons. The Balaban J connectivity index is 2.35. The Morgan fingerprint density at radius 2 is 2.36 bits per heavy atom. The van der Waals surface area contributed by atoms with Gasteiger partial charge in [-0.25, -0.2) is 4.68 Å². The van der Waals surface area contributed by atoms with E-state index in [4.69, 9.17) is 0 Å². The first-order chi connectivity index (χ1) is 6.77. The number of tetrazole rings is 1. The van der Waals surface area contributed by atoms with E-state index in [2.05, 4.69) is 27.8 Å². The summed E-state index contributed by atoms with van der Waals surface area (Å²) >= 11 is 1.69. The molecule has 1 aromatic rings. The standard InChI is InChI=1S/C8H17N5S/c1-4-5-7(9-2)6-14-8-10-11-12-13(8)3/h7,9H,4-6H2,1-3H3. The summed E-state index contributed by atoms with van der Waals surface area (Å²) in [5.41, 5.74) is 0. The summed E-state index contributed by atoms with van der Waals surface area (Å²) in [4.78, 5) is 0. The van der Waals surface area contributed by atoms with Gasteiger partial charge < -0.3 is 5.32 Å². The summed E-state index contributed by atoms with van der Waals surface area (Å²) in [5.74, 6) is 1.01. The van der Waals surface area contributed by atoms with Crippen LogP contribution >= 0.6 is 11.8 Å². The quantitative estimate of drug-likeness (QED) is 0.708. The van der Waals surface area contributed by atoms with Crippen molar-refractivity contribution in [2.75, 3.05) is 12.8 Å². The first-order valence-corrected chi connectivity index (χ1v) is 5.79. The van der Waals surface area contributed by atoms with Crippen molar-refractivity contribution >= 4 is 11.8 Å². The largest absolute Gasteiger partial charge is 0.316 e. The van der Waals surface area contributed by atoms with Crippen molar-refractivity contribution in [1.82, 2.24) is 25.5 Å². The second-order valence-electron chi connectivity index (χ2n) is 3.17. The summed E-state index contributed by atoms with van der Waals surface area (Å²) in [6, 6.07) is 0.543. The highest BCUT2D eigenvalue weighted by molar-refractivity contribution is 7.99. The molecule has 1 N–H and O–H groups in total. The molecule has 6 heteroatoms. The van der Waals surface area contributed by atoms with Crippen LogP contribution in [0, 0.1) is 0 Å². The normalized spacial score (nSPS) is 13.1. The van der Waals surface area contributed by atoms with Crippen LogP contribution in [0.25, 0.3) is 0 Å². The van der Waals surface area contributed by atoms with Gasteiger partial charge in [0.15, 0.2) is 0 Å². The summed E-state index contributed by atoms with van der Waals surface area (Å²) in [5, 5.41) is 15.5. The molecule has 0 saturated carbocycles. The lowest BCUT2D eigenvalue weighted by Crippen LogP contribution is -2.27. The van der Waals surface area contributed by atoms with E-state index in [1.807, 2.05) is 14.1 Å². The van der Waals surface area contributed by atoms with E-state index in [9.17, 15) is 0 Å². The highest BCUT2D eigenvalue weighted by atomic mass is 32.2. The van der Waals surface area contributed by atoms with Crippen molar-refractivity contribution in [3.8, 4) is 0 Å². The monoisotopic (exact) mass is 215 g/mol. The van der Waals surface area contributed by atoms with Crippen molar-refractivity contribution in [2.45, 2.75) is 31.0 Å². The summed E-state index contributed by atoms with van der Waals surface area (Å²) in [6.07, 6.45) is 2.39. The summed E-state index contributed by atoms with van der Waals surface area (Å²) in [7, 11) is 3.85. The van der Waals surface area contributed by atoms with Crippen molar-refractivity contribution < 1.29 is 0 Å². The van der Waals surface area contributed by atoms with Gasteiger partial charge in [0.05, 0.1) is 0 Å². The molecule has 1 aromatic heterocycles. The number of thioether (sulfide) groups is 1. The molecular weight excluding hydrogens is 198 g/mol. The number of aromatic nitrogens is 4. The van der Waals surface area contributed by atoms with E-state index in [-0.39, 0.29) is 0 Å². The van der Waals surface area contributed by atoms with E-state index in [0.29, 0.717) is 6.04 Å². The Morgan fingerprint density at radius 3 is 2.86 bits per heavy atom. The van der Waals surface area contributed by atoms with Crippen LogP contribution in [0.15, 0.2) is 5.16 Å². The zero-order valence-electron chi connectivity index (χ0n) is 8.90. The van der Waals surface area contributed by atoms with E-state index in [0.717, 1.165) is 10.9 Å². The van der Waals surface area contributed by atoms with E-state index in [1.54, 1.807) is 16.4 Å². The Hall–Kier alpha value is -0.620. The number of hydrogen-bond donors (Lipinski definition) is 1. The van der Waals surface area contributed by atoms with E-state index in [1.165, 1.54) is 12.8 Å². The highest BCUT2D eigenvalue weighted by Crippen LogP contribution is 2.15. The maximum absolute atomic E-state index is 3.92. The summed E-state index contributed by atoms with van der Waals surface area (Å²) < 4.78 is 1.70. The second-order valence-corrected chi connectivity index (χ2v) is 4.16. The first-order valence-electron chi connectivity index (χ1n) is 4.80. The molecule has 0 saturated heterocycles. The number of nitrogens with one attached hydrogen (secondary N) is 1. The van der Waals surface area contributed by atoms with Gasteiger partial charge in [0.25, 0.3) is 0 Å². The highest BCUT2D eigenvalue weighted by Gasteiger charge is 2.08. The number of aryl methyl sites for hydroxylation is 1. The molecule has 1 rings (SSSR count). The van der Waals surface area contributed by atoms with Crippen molar-refractivity contribution in [3.05, 3.63) is 0 Å². The van der Waals surface area contributed by atoms with Crippen LogP contribution in [0.3, 0.4) is 0 Å². The molecule has 80 valence electrons. The Morgan fingerprint density at radius 1 is 1.57 bits per heavy atom. The number of rotatable bonds is 6. The molecule has 1 atom stereocenters. The van der Waals surface area contributed by atoms with Gasteiger partial charge >= 0.3 is 0 Å². The molecule has 1 unspecified atom stereocenters. The lowest BCUT2D eigenvalue weighted by atomic mass is 10.2. The topological polar surface area (TPSA) is 55.6 Å². The molecular formula is C8H17N5S. The lowest BCUT2D eigenvalue weighted by molar-refractivity contribution is 0.563. The SMILES string of the molecule is CCCC(CSc1nnnn1C)NC.